The third-order valence-corrected chi connectivity index (χ3v) is 6.18. The summed E-state index contributed by atoms with van der Waals surface area (Å²) in [6.45, 7) is 9.18. The molecule has 0 unspecified atom stereocenters. The van der Waals surface area contributed by atoms with Gasteiger partial charge in [0.1, 0.15) is 19.0 Å². The van der Waals surface area contributed by atoms with E-state index < -0.39 is 6.09 Å². The van der Waals surface area contributed by atoms with E-state index in [0.717, 1.165) is 11.3 Å². The molecular formula is C27H39N5O5. The van der Waals surface area contributed by atoms with Crippen molar-refractivity contribution in [1.82, 2.24) is 15.2 Å². The molecule has 2 aromatic rings. The fourth-order valence-electron chi connectivity index (χ4n) is 4.24. The summed E-state index contributed by atoms with van der Waals surface area (Å²) in [7, 11) is 1.60. The number of pyridine rings is 1. The van der Waals surface area contributed by atoms with Crippen LogP contribution in [0.2, 0.25) is 0 Å². The van der Waals surface area contributed by atoms with Gasteiger partial charge in [-0.05, 0) is 18.4 Å². The zero-order valence-corrected chi connectivity index (χ0v) is 22.2. The number of nitrogens with zero attached hydrogens (tertiary/aromatic N) is 3. The fourth-order valence-corrected chi connectivity index (χ4v) is 4.24. The van der Waals surface area contributed by atoms with Crippen molar-refractivity contribution >= 4 is 23.5 Å². The van der Waals surface area contributed by atoms with Crippen LogP contribution in [0.25, 0.3) is 0 Å². The largest absolute Gasteiger partial charge is 0.490 e. The number of amides is 2. The molecule has 37 heavy (non-hydrogen) atoms. The molecule has 1 saturated heterocycles. The lowest BCUT2D eigenvalue weighted by Gasteiger charge is -2.41. The second-order valence-electron chi connectivity index (χ2n) is 9.40. The highest BCUT2D eigenvalue weighted by Gasteiger charge is 2.29. The van der Waals surface area contributed by atoms with Gasteiger partial charge in [0.05, 0.1) is 31.0 Å². The van der Waals surface area contributed by atoms with Gasteiger partial charge in [-0.1, -0.05) is 44.2 Å². The maximum absolute atomic E-state index is 12.5. The monoisotopic (exact) mass is 513 g/mol. The Balaban J connectivity index is 1.55. The van der Waals surface area contributed by atoms with Gasteiger partial charge in [-0.25, -0.2) is 9.78 Å². The summed E-state index contributed by atoms with van der Waals surface area (Å²) in [6.07, 6.45) is -0.122. The van der Waals surface area contributed by atoms with Crippen molar-refractivity contribution in [3.8, 4) is 5.75 Å². The first-order chi connectivity index (χ1) is 17.8. The Morgan fingerprint density at radius 1 is 1.19 bits per heavy atom. The minimum absolute atomic E-state index is 0.0328. The highest BCUT2D eigenvalue weighted by atomic mass is 16.5. The topological polar surface area (TPSA) is 119 Å². The lowest BCUT2D eigenvalue weighted by molar-refractivity contribution is -0.134. The summed E-state index contributed by atoms with van der Waals surface area (Å²) >= 11 is 0. The molecule has 0 saturated carbocycles. The average Bonchev–Trinajstić information content (AvgIpc) is 2.89. The quantitative estimate of drug-likeness (QED) is 0.440. The normalized spacial score (nSPS) is 15.5. The fraction of sp³-hybridized carbons (Fsp3) is 0.519. The van der Waals surface area contributed by atoms with Crippen LogP contribution in [0.1, 0.15) is 44.4 Å². The van der Waals surface area contributed by atoms with Crippen LogP contribution >= 0.6 is 0 Å². The van der Waals surface area contributed by atoms with Gasteiger partial charge < -0.3 is 35.1 Å². The molecule has 1 atom stereocenters. The molecule has 0 radical (unpaired) electrons. The average molecular weight is 514 g/mol. The van der Waals surface area contributed by atoms with Gasteiger partial charge in [-0.15, -0.1) is 0 Å². The van der Waals surface area contributed by atoms with Gasteiger partial charge in [0, 0.05) is 38.9 Å². The van der Waals surface area contributed by atoms with E-state index in [1.54, 1.807) is 13.2 Å². The Morgan fingerprint density at radius 2 is 1.95 bits per heavy atom. The molecule has 10 heteroatoms. The second kappa shape index (κ2) is 13.7. The van der Waals surface area contributed by atoms with Crippen molar-refractivity contribution in [3.05, 3.63) is 47.7 Å². The number of hydrogen-bond donors (Lipinski definition) is 2. The van der Waals surface area contributed by atoms with Crippen molar-refractivity contribution in [2.75, 3.05) is 57.1 Å². The Hall–Kier alpha value is -3.53. The number of nitrogen functional groups attached to an aromatic ring is 1. The van der Waals surface area contributed by atoms with E-state index in [1.165, 1.54) is 0 Å². The number of aromatic nitrogens is 1. The number of carbonyl (C=O) groups excluding carboxylic acids is 2. The van der Waals surface area contributed by atoms with Crippen LogP contribution in [-0.4, -0.2) is 74.4 Å². The molecule has 2 heterocycles. The predicted molar refractivity (Wildman–Crippen MR) is 143 cm³/mol. The molecule has 2 amide bonds. The van der Waals surface area contributed by atoms with E-state index in [1.807, 2.05) is 56.0 Å². The summed E-state index contributed by atoms with van der Waals surface area (Å²) in [4.78, 5) is 33.3. The van der Waals surface area contributed by atoms with Crippen LogP contribution in [0.5, 0.6) is 5.75 Å². The molecule has 0 spiro atoms. The van der Waals surface area contributed by atoms with Crippen LogP contribution in [0, 0.1) is 0 Å². The van der Waals surface area contributed by atoms with Gasteiger partial charge in [0.25, 0.3) is 0 Å². The van der Waals surface area contributed by atoms with E-state index in [4.69, 9.17) is 24.9 Å². The van der Waals surface area contributed by atoms with Gasteiger partial charge in [0.2, 0.25) is 5.91 Å². The third kappa shape index (κ3) is 7.98. The molecule has 0 bridgehead atoms. The number of benzene rings is 1. The lowest BCUT2D eigenvalue weighted by atomic mass is 10.1. The van der Waals surface area contributed by atoms with Gasteiger partial charge in [-0.3, -0.25) is 4.79 Å². The Kier molecular flexibility index (Phi) is 10.4. The molecular weight excluding hydrogens is 474 g/mol. The molecule has 1 aliphatic heterocycles. The van der Waals surface area contributed by atoms with Crippen molar-refractivity contribution in [1.29, 1.82) is 0 Å². The minimum Gasteiger partial charge on any atom is -0.490 e. The molecule has 1 aromatic heterocycles. The lowest BCUT2D eigenvalue weighted by Crippen LogP contribution is -2.54. The van der Waals surface area contributed by atoms with Crippen LogP contribution < -0.4 is 20.7 Å². The van der Waals surface area contributed by atoms with Crippen molar-refractivity contribution in [3.63, 3.8) is 0 Å². The number of anilines is 2. The van der Waals surface area contributed by atoms with E-state index in [9.17, 15) is 9.59 Å². The van der Waals surface area contributed by atoms with Crippen molar-refractivity contribution in [2.24, 2.45) is 0 Å². The summed E-state index contributed by atoms with van der Waals surface area (Å²) in [6, 6.07) is 11.3. The number of methoxy groups -OCH3 is 1. The van der Waals surface area contributed by atoms with Crippen LogP contribution in [0.4, 0.5) is 16.3 Å². The number of nitrogens with two attached hydrogens (primary N) is 1. The van der Waals surface area contributed by atoms with Gasteiger partial charge in [0.15, 0.2) is 5.82 Å². The molecule has 3 rings (SSSR count). The number of ether oxygens (including phenoxy) is 3. The Morgan fingerprint density at radius 3 is 2.62 bits per heavy atom. The number of rotatable bonds is 11. The number of hydrogen-bond acceptors (Lipinski definition) is 8. The first-order valence-corrected chi connectivity index (χ1v) is 12.7. The highest BCUT2D eigenvalue weighted by molar-refractivity contribution is 5.77. The molecule has 0 aliphatic carbocycles. The van der Waals surface area contributed by atoms with Crippen LogP contribution in [0.15, 0.2) is 36.4 Å². The van der Waals surface area contributed by atoms with E-state index >= 15 is 0 Å². The standard InChI is InChI=1S/C27H39N5O5/c1-19(2)25-23(36-15-11-29-27(34)37-18-21-8-6-5-7-9-21)16-22(28)26(30-25)31-12-13-32(20(3)17-31)24(33)10-14-35-4/h5-9,16,19-20H,10-15,17-18,28H2,1-4H3,(H,29,34)/t20-/m1/s1. The minimum atomic E-state index is -0.501. The second-order valence-corrected chi connectivity index (χ2v) is 9.40. The third-order valence-electron chi connectivity index (χ3n) is 6.18. The smallest absolute Gasteiger partial charge is 0.407 e. The number of piperazine rings is 1. The van der Waals surface area contributed by atoms with E-state index in [2.05, 4.69) is 10.2 Å². The van der Waals surface area contributed by atoms with E-state index in [-0.39, 0.29) is 37.6 Å². The van der Waals surface area contributed by atoms with E-state index in [0.29, 0.717) is 49.9 Å². The maximum atomic E-state index is 12.5. The zero-order valence-electron chi connectivity index (χ0n) is 22.2. The van der Waals surface area contributed by atoms with Crippen molar-refractivity contribution in [2.45, 2.75) is 45.8 Å². The Bertz CT molecular complexity index is 1030. The van der Waals surface area contributed by atoms with Crippen LogP contribution in [-0.2, 0) is 20.9 Å². The molecule has 202 valence electrons. The highest BCUT2D eigenvalue weighted by Crippen LogP contribution is 2.33. The zero-order chi connectivity index (χ0) is 26.8. The predicted octanol–water partition coefficient (Wildman–Crippen LogP) is 3.17. The first kappa shape index (κ1) is 28.0. The molecule has 10 nitrogen and oxygen atoms in total. The number of nitrogens with one attached hydrogen (secondary N) is 1. The summed E-state index contributed by atoms with van der Waals surface area (Å²) in [5, 5.41) is 2.69. The first-order valence-electron chi connectivity index (χ1n) is 12.7. The van der Waals surface area contributed by atoms with Gasteiger partial charge in [-0.2, -0.15) is 0 Å². The molecule has 3 N–H and O–H groups in total. The summed E-state index contributed by atoms with van der Waals surface area (Å²) in [5.74, 6) is 1.50. The Labute approximate surface area is 219 Å². The molecule has 1 fully saturated rings. The number of alkyl carbamates (subject to hydrolysis) is 1. The summed E-state index contributed by atoms with van der Waals surface area (Å²) < 4.78 is 16.2. The number of carbonyl (C=O) groups is 2. The van der Waals surface area contributed by atoms with Crippen molar-refractivity contribution < 1.29 is 23.8 Å². The van der Waals surface area contributed by atoms with Crippen LogP contribution in [0.3, 0.4) is 0 Å². The van der Waals surface area contributed by atoms with Gasteiger partial charge >= 0.3 is 6.09 Å². The molecule has 1 aromatic carbocycles. The molecule has 1 aliphatic rings. The maximum Gasteiger partial charge on any atom is 0.407 e. The SMILES string of the molecule is COCCC(=O)N1CCN(c2nc(C(C)C)c(OCCNC(=O)OCc3ccccc3)cc2N)C[C@H]1C. The summed E-state index contributed by atoms with van der Waals surface area (Å²) in [5.41, 5.74) is 8.63.